The maximum absolute atomic E-state index is 13.4. The minimum atomic E-state index is -0.457. The standard InChI is InChI=1S/C67H82N4O6/c1-3-5-7-9-11-18-26-53-32-39-61(40-33-53)76-66-68-49-55(50-69-66)28-20-13-15-24-46-73-63-45-38-59(65(72)75-60-43-36-58(37-44-60)57-30-22-17-23-31-57)48-64(63)74-47-25-16-14-21-29-56-51-70-67(71-52-56)77-62-41-34-54(35-42-62)27-19-12-10-8-6-4-2/h17,22-23,30-45,48-52H,3-16,18-21,24-29,46-47H2,1-2H3. The molecule has 10 nitrogen and oxygen atoms in total. The van der Waals surface area contributed by atoms with Gasteiger partial charge in [-0.05, 0) is 152 Å². The molecule has 0 saturated heterocycles. The van der Waals surface area contributed by atoms with Crippen LogP contribution in [0.5, 0.6) is 40.8 Å². The van der Waals surface area contributed by atoms with Crippen molar-refractivity contribution in [3.63, 3.8) is 0 Å². The summed E-state index contributed by atoms with van der Waals surface area (Å²) < 4.78 is 30.3. The van der Waals surface area contributed by atoms with Gasteiger partial charge in [-0.2, -0.15) is 0 Å². The van der Waals surface area contributed by atoms with Crippen molar-refractivity contribution >= 4 is 5.97 Å². The number of aryl methyl sites for hydroxylation is 4. The minimum absolute atomic E-state index is 0.360. The highest BCUT2D eigenvalue weighted by molar-refractivity contribution is 5.92. The highest BCUT2D eigenvalue weighted by Gasteiger charge is 2.15. The van der Waals surface area contributed by atoms with E-state index < -0.39 is 5.97 Å². The number of aromatic nitrogens is 4. The number of benzene rings is 5. The van der Waals surface area contributed by atoms with Crippen molar-refractivity contribution in [3.05, 3.63) is 174 Å². The molecule has 0 fully saturated rings. The summed E-state index contributed by atoms with van der Waals surface area (Å²) in [6.07, 6.45) is 34.9. The Morgan fingerprint density at radius 2 is 0.779 bits per heavy atom. The van der Waals surface area contributed by atoms with Crippen molar-refractivity contribution in [2.24, 2.45) is 0 Å². The Morgan fingerprint density at radius 3 is 1.26 bits per heavy atom. The largest absolute Gasteiger partial charge is 0.490 e. The van der Waals surface area contributed by atoms with E-state index in [0.717, 1.165) is 111 Å². The number of rotatable bonds is 37. The van der Waals surface area contributed by atoms with E-state index in [4.69, 9.17) is 23.7 Å². The van der Waals surface area contributed by atoms with Crippen LogP contribution >= 0.6 is 0 Å². The Hall–Kier alpha value is -7.07. The molecule has 0 amide bonds. The smallest absolute Gasteiger partial charge is 0.343 e. The van der Waals surface area contributed by atoms with Gasteiger partial charge in [-0.1, -0.05) is 170 Å². The van der Waals surface area contributed by atoms with Crippen LogP contribution in [0.2, 0.25) is 0 Å². The van der Waals surface area contributed by atoms with Gasteiger partial charge in [0.1, 0.15) is 17.2 Å². The molecular weight excluding hydrogens is 957 g/mol. The Bertz CT molecular complexity index is 2700. The van der Waals surface area contributed by atoms with Crippen molar-refractivity contribution < 1.29 is 28.5 Å². The van der Waals surface area contributed by atoms with Gasteiger partial charge in [0.2, 0.25) is 0 Å². The molecule has 7 aromatic rings. The van der Waals surface area contributed by atoms with Gasteiger partial charge in [0, 0.05) is 24.8 Å². The molecular formula is C67H82N4O6. The second kappa shape index (κ2) is 33.9. The van der Waals surface area contributed by atoms with Crippen molar-refractivity contribution in [1.82, 2.24) is 19.9 Å². The molecule has 0 atom stereocenters. The summed E-state index contributed by atoms with van der Waals surface area (Å²) in [4.78, 5) is 31.3. The van der Waals surface area contributed by atoms with E-state index >= 15 is 0 Å². The number of esters is 1. The molecule has 0 aliphatic heterocycles. The molecule has 77 heavy (non-hydrogen) atoms. The topological polar surface area (TPSA) is 115 Å². The first-order valence-electron chi connectivity index (χ1n) is 28.9. The van der Waals surface area contributed by atoms with Crippen LogP contribution in [0.3, 0.4) is 0 Å². The van der Waals surface area contributed by atoms with Crippen LogP contribution < -0.4 is 23.7 Å². The molecule has 0 unspecified atom stereocenters. The van der Waals surface area contributed by atoms with Gasteiger partial charge >= 0.3 is 18.0 Å². The number of hydrogen-bond acceptors (Lipinski definition) is 10. The fraction of sp³-hybridized carbons (Fsp3) is 0.418. The summed E-state index contributed by atoms with van der Waals surface area (Å²) in [5.74, 6) is 2.67. The van der Waals surface area contributed by atoms with E-state index in [1.165, 1.54) is 88.2 Å². The number of nitrogens with zero attached hydrogens (tertiary/aromatic N) is 4. The zero-order valence-corrected chi connectivity index (χ0v) is 46.0. The first-order valence-corrected chi connectivity index (χ1v) is 28.9. The fourth-order valence-corrected chi connectivity index (χ4v) is 9.24. The molecule has 0 N–H and O–H groups in total. The number of unbranched alkanes of at least 4 members (excludes halogenated alkanes) is 16. The highest BCUT2D eigenvalue weighted by Crippen LogP contribution is 2.31. The van der Waals surface area contributed by atoms with E-state index in [2.05, 4.69) is 70.2 Å². The third-order valence-electron chi connectivity index (χ3n) is 13.9. The summed E-state index contributed by atoms with van der Waals surface area (Å²) in [5, 5.41) is 0. The molecule has 2 aromatic heterocycles. The molecule has 0 aliphatic carbocycles. The summed E-state index contributed by atoms with van der Waals surface area (Å²) in [5.41, 5.74) is 7.40. The third-order valence-corrected chi connectivity index (χ3v) is 13.9. The zero-order valence-electron chi connectivity index (χ0n) is 46.0. The number of hydrogen-bond donors (Lipinski definition) is 0. The molecule has 0 radical (unpaired) electrons. The Morgan fingerprint density at radius 1 is 0.377 bits per heavy atom. The molecule has 0 spiro atoms. The predicted molar refractivity (Wildman–Crippen MR) is 310 cm³/mol. The quantitative estimate of drug-likeness (QED) is 0.0212. The number of carbonyl (C=O) groups excluding carboxylic acids is 1. The average molecular weight is 1040 g/mol. The normalized spacial score (nSPS) is 11.1. The van der Waals surface area contributed by atoms with E-state index in [-0.39, 0.29) is 0 Å². The molecule has 0 aliphatic rings. The van der Waals surface area contributed by atoms with Crippen LogP contribution in [-0.4, -0.2) is 39.1 Å². The van der Waals surface area contributed by atoms with E-state index in [9.17, 15) is 4.79 Å². The van der Waals surface area contributed by atoms with E-state index in [0.29, 0.717) is 48.0 Å². The lowest BCUT2D eigenvalue weighted by atomic mass is 10.0. The van der Waals surface area contributed by atoms with E-state index in [1.807, 2.05) is 97.6 Å². The lowest BCUT2D eigenvalue weighted by Gasteiger charge is -2.14. The average Bonchev–Trinajstić information content (AvgIpc) is 3.46. The van der Waals surface area contributed by atoms with Gasteiger partial charge in [-0.3, -0.25) is 0 Å². The monoisotopic (exact) mass is 1040 g/mol. The summed E-state index contributed by atoms with van der Waals surface area (Å²) >= 11 is 0. The van der Waals surface area contributed by atoms with Crippen LogP contribution in [-0.2, 0) is 25.7 Å². The van der Waals surface area contributed by atoms with Crippen molar-refractivity contribution in [2.45, 2.75) is 168 Å². The summed E-state index contributed by atoms with van der Waals surface area (Å²) in [7, 11) is 0. The molecule has 0 saturated carbocycles. The maximum atomic E-state index is 13.4. The maximum Gasteiger partial charge on any atom is 0.343 e. The molecule has 406 valence electrons. The molecule has 2 heterocycles. The Kier molecular flexibility index (Phi) is 25.3. The molecule has 0 bridgehead atoms. The number of carbonyl (C=O) groups is 1. The lowest BCUT2D eigenvalue weighted by Crippen LogP contribution is -2.10. The molecule has 10 heteroatoms. The highest BCUT2D eigenvalue weighted by atomic mass is 16.5. The van der Waals surface area contributed by atoms with Crippen LogP contribution in [0.4, 0.5) is 0 Å². The van der Waals surface area contributed by atoms with Crippen LogP contribution in [0.25, 0.3) is 11.1 Å². The Labute approximate surface area is 459 Å². The van der Waals surface area contributed by atoms with Gasteiger partial charge in [-0.25, -0.2) is 24.7 Å². The van der Waals surface area contributed by atoms with Gasteiger partial charge < -0.3 is 23.7 Å². The second-order valence-electron chi connectivity index (χ2n) is 20.2. The Balaban J connectivity index is 0.814. The van der Waals surface area contributed by atoms with Crippen LogP contribution in [0.15, 0.2) is 146 Å². The van der Waals surface area contributed by atoms with Crippen molar-refractivity contribution in [2.75, 3.05) is 13.2 Å². The van der Waals surface area contributed by atoms with Gasteiger partial charge in [0.15, 0.2) is 11.5 Å². The van der Waals surface area contributed by atoms with Crippen molar-refractivity contribution in [1.29, 1.82) is 0 Å². The SMILES string of the molecule is CCCCCCCCc1ccc(Oc2ncc(CCCCCCOc3ccc(C(=O)Oc4ccc(-c5ccccc5)cc4)cc3OCCCCCCc3cnc(Oc4ccc(CCCCCCCC)cc4)nc3)cn2)cc1. The first kappa shape index (κ1) is 57.6. The fourth-order valence-electron chi connectivity index (χ4n) is 9.24. The predicted octanol–water partition coefficient (Wildman–Crippen LogP) is 17.9. The first-order chi connectivity index (χ1) is 38.0. The van der Waals surface area contributed by atoms with Gasteiger partial charge in [-0.15, -0.1) is 0 Å². The summed E-state index contributed by atoms with van der Waals surface area (Å²) in [6.45, 7) is 5.54. The minimum Gasteiger partial charge on any atom is -0.490 e. The van der Waals surface area contributed by atoms with Crippen molar-refractivity contribution in [3.8, 4) is 51.9 Å². The zero-order chi connectivity index (χ0) is 53.4. The number of ether oxygens (including phenoxy) is 5. The van der Waals surface area contributed by atoms with Crippen LogP contribution in [0, 0.1) is 0 Å². The third kappa shape index (κ3) is 21.5. The lowest BCUT2D eigenvalue weighted by molar-refractivity contribution is 0.0734. The second-order valence-corrected chi connectivity index (χ2v) is 20.2. The molecule has 5 aromatic carbocycles. The summed E-state index contributed by atoms with van der Waals surface area (Å²) in [6, 6.07) is 40.3. The van der Waals surface area contributed by atoms with Gasteiger partial charge in [0.25, 0.3) is 0 Å². The molecule has 7 rings (SSSR count). The van der Waals surface area contributed by atoms with Crippen LogP contribution in [0.1, 0.15) is 175 Å². The van der Waals surface area contributed by atoms with Gasteiger partial charge in [0.05, 0.1) is 18.8 Å². The van der Waals surface area contributed by atoms with E-state index in [1.54, 1.807) is 12.1 Å².